The van der Waals surface area contributed by atoms with Crippen LogP contribution in [-0.2, 0) is 10.0 Å². The van der Waals surface area contributed by atoms with Crippen LogP contribution in [0.15, 0.2) is 21.5 Å². The number of phenolic OH excluding ortho intramolecular Hbond substituents is 1. The molecule has 0 atom stereocenters. The van der Waals surface area contributed by atoms with Crippen molar-refractivity contribution in [3.05, 3.63) is 45.7 Å². The Balaban J connectivity index is 2.61. The van der Waals surface area contributed by atoms with Crippen LogP contribution in [0.4, 0.5) is 27.6 Å². The highest BCUT2D eigenvalue weighted by molar-refractivity contribution is 9.10. The van der Waals surface area contributed by atoms with Crippen molar-refractivity contribution >= 4 is 31.6 Å². The largest absolute Gasteiger partial charge is 0.504 e. The van der Waals surface area contributed by atoms with Gasteiger partial charge in [-0.25, -0.2) is 30.4 Å². The summed E-state index contributed by atoms with van der Waals surface area (Å²) in [6.07, 6.45) is 0. The van der Waals surface area contributed by atoms with Gasteiger partial charge in [0.25, 0.3) is 10.0 Å². The van der Waals surface area contributed by atoms with E-state index < -0.39 is 55.4 Å². The van der Waals surface area contributed by atoms with Crippen molar-refractivity contribution in [2.75, 3.05) is 11.8 Å². The molecule has 2 aromatic rings. The zero-order chi connectivity index (χ0) is 19.1. The van der Waals surface area contributed by atoms with Crippen LogP contribution in [0.3, 0.4) is 0 Å². The number of rotatable bonds is 4. The lowest BCUT2D eigenvalue weighted by Crippen LogP contribution is -2.19. The topological polar surface area (TPSA) is 75.6 Å². The Hall–Kier alpha value is -2.08. The lowest BCUT2D eigenvalue weighted by molar-refractivity contribution is 0.358. The zero-order valence-electron chi connectivity index (χ0n) is 12.0. The summed E-state index contributed by atoms with van der Waals surface area (Å²) in [6.45, 7) is 0. The van der Waals surface area contributed by atoms with Crippen LogP contribution in [0.2, 0.25) is 0 Å². The Bertz CT molecular complexity index is 939. The summed E-state index contributed by atoms with van der Waals surface area (Å²) in [4.78, 5) is -2.05. The molecule has 0 saturated carbocycles. The highest BCUT2D eigenvalue weighted by Crippen LogP contribution is 2.37. The molecule has 0 amide bonds. The third-order valence-corrected chi connectivity index (χ3v) is 4.99. The SMILES string of the molecule is COc1cc(Br)c(NS(=O)(=O)c2c(F)c(F)c(F)c(F)c2F)cc1O. The summed E-state index contributed by atoms with van der Waals surface area (Å²) >= 11 is 2.91. The molecule has 0 radical (unpaired) electrons. The minimum absolute atomic E-state index is 0.0328. The van der Waals surface area contributed by atoms with Gasteiger partial charge in [0.2, 0.25) is 5.82 Å². The quantitative estimate of drug-likeness (QED) is 0.426. The first-order chi connectivity index (χ1) is 11.5. The van der Waals surface area contributed by atoms with Gasteiger partial charge in [0, 0.05) is 16.6 Å². The number of phenols is 1. The summed E-state index contributed by atoms with van der Waals surface area (Å²) in [6, 6.07) is 1.93. The second-order valence-corrected chi connectivity index (χ2v) is 6.98. The van der Waals surface area contributed by atoms with Crippen molar-refractivity contribution in [1.29, 1.82) is 0 Å². The highest BCUT2D eigenvalue weighted by atomic mass is 79.9. The van der Waals surface area contributed by atoms with E-state index in [0.29, 0.717) is 0 Å². The van der Waals surface area contributed by atoms with Gasteiger partial charge in [0.05, 0.1) is 12.8 Å². The molecule has 0 aliphatic carbocycles. The summed E-state index contributed by atoms with van der Waals surface area (Å²) < 4.78 is 97.3. The van der Waals surface area contributed by atoms with Crippen molar-refractivity contribution in [3.8, 4) is 11.5 Å². The Morgan fingerprint density at radius 2 is 1.48 bits per heavy atom. The molecule has 0 aliphatic heterocycles. The summed E-state index contributed by atoms with van der Waals surface area (Å²) in [5, 5.41) is 9.62. The molecule has 2 aromatic carbocycles. The van der Waals surface area contributed by atoms with Crippen LogP contribution in [-0.4, -0.2) is 20.6 Å². The van der Waals surface area contributed by atoms with E-state index in [9.17, 15) is 35.5 Å². The van der Waals surface area contributed by atoms with Crippen molar-refractivity contribution < 1.29 is 40.2 Å². The minimum atomic E-state index is -5.22. The molecule has 0 bridgehead atoms. The van der Waals surface area contributed by atoms with E-state index in [1.54, 1.807) is 4.72 Å². The number of halogens is 6. The minimum Gasteiger partial charge on any atom is -0.504 e. The van der Waals surface area contributed by atoms with E-state index in [-0.39, 0.29) is 10.2 Å². The van der Waals surface area contributed by atoms with Crippen LogP contribution in [0.25, 0.3) is 0 Å². The van der Waals surface area contributed by atoms with Gasteiger partial charge in [-0.15, -0.1) is 0 Å². The van der Waals surface area contributed by atoms with Crippen molar-refractivity contribution in [2.45, 2.75) is 4.90 Å². The highest BCUT2D eigenvalue weighted by Gasteiger charge is 2.34. The molecule has 0 aliphatic rings. The maximum atomic E-state index is 13.7. The Morgan fingerprint density at radius 1 is 1.00 bits per heavy atom. The summed E-state index contributed by atoms with van der Waals surface area (Å²) in [5.74, 6) is -12.9. The maximum Gasteiger partial charge on any atom is 0.268 e. The molecular formula is C13H7BrF5NO4S. The van der Waals surface area contributed by atoms with E-state index in [2.05, 4.69) is 15.9 Å². The molecule has 2 rings (SSSR count). The molecule has 0 fully saturated rings. The van der Waals surface area contributed by atoms with Gasteiger partial charge < -0.3 is 9.84 Å². The molecule has 136 valence electrons. The molecule has 0 saturated heterocycles. The Kier molecular flexibility index (Phi) is 5.14. The van der Waals surface area contributed by atoms with Gasteiger partial charge in [-0.1, -0.05) is 0 Å². The van der Waals surface area contributed by atoms with Crippen LogP contribution in [0.1, 0.15) is 0 Å². The van der Waals surface area contributed by atoms with Crippen LogP contribution < -0.4 is 9.46 Å². The van der Waals surface area contributed by atoms with Gasteiger partial charge in [0.15, 0.2) is 39.7 Å². The predicted molar refractivity (Wildman–Crippen MR) is 79.4 cm³/mol. The normalized spacial score (nSPS) is 11.5. The molecule has 0 aromatic heterocycles. The lowest BCUT2D eigenvalue weighted by atomic mass is 10.3. The van der Waals surface area contributed by atoms with Crippen LogP contribution in [0, 0.1) is 29.1 Å². The van der Waals surface area contributed by atoms with E-state index >= 15 is 0 Å². The average Bonchev–Trinajstić information content (AvgIpc) is 2.53. The number of hydrogen-bond acceptors (Lipinski definition) is 4. The second kappa shape index (κ2) is 6.67. The molecule has 0 unspecified atom stereocenters. The number of anilines is 1. The number of aromatic hydroxyl groups is 1. The smallest absolute Gasteiger partial charge is 0.268 e. The molecule has 25 heavy (non-hydrogen) atoms. The molecular weight excluding hydrogens is 441 g/mol. The lowest BCUT2D eigenvalue weighted by Gasteiger charge is -2.13. The first-order valence-corrected chi connectivity index (χ1v) is 8.39. The molecule has 0 heterocycles. The van der Waals surface area contributed by atoms with Crippen LogP contribution >= 0.6 is 15.9 Å². The zero-order valence-corrected chi connectivity index (χ0v) is 14.4. The molecule has 0 spiro atoms. The van der Waals surface area contributed by atoms with Crippen molar-refractivity contribution in [1.82, 2.24) is 0 Å². The Labute approximate surface area is 146 Å². The number of sulfonamides is 1. The molecule has 5 nitrogen and oxygen atoms in total. The predicted octanol–water partition coefficient (Wildman–Crippen LogP) is 3.66. The first-order valence-electron chi connectivity index (χ1n) is 6.12. The van der Waals surface area contributed by atoms with E-state index in [1.165, 1.54) is 7.11 Å². The standard InChI is InChI=1S/C13H7BrF5NO4S/c1-24-7-2-4(14)5(3-6(7)21)20-25(22,23)13-11(18)9(16)8(15)10(17)12(13)19/h2-3,20-21H,1H3. The average molecular weight is 448 g/mol. The van der Waals surface area contributed by atoms with Crippen LogP contribution in [0.5, 0.6) is 11.5 Å². The summed E-state index contributed by atoms with van der Waals surface area (Å²) in [5.41, 5.74) is -0.428. The second-order valence-electron chi connectivity index (χ2n) is 4.51. The van der Waals surface area contributed by atoms with Gasteiger partial charge in [-0.3, -0.25) is 4.72 Å². The van der Waals surface area contributed by atoms with Gasteiger partial charge in [0.1, 0.15) is 0 Å². The fourth-order valence-electron chi connectivity index (χ4n) is 1.80. The molecule has 2 N–H and O–H groups in total. The number of benzene rings is 2. The van der Waals surface area contributed by atoms with E-state index in [0.717, 1.165) is 12.1 Å². The fourth-order valence-corrected chi connectivity index (χ4v) is 3.57. The van der Waals surface area contributed by atoms with Gasteiger partial charge in [-0.2, -0.15) is 0 Å². The maximum absolute atomic E-state index is 13.7. The summed E-state index contributed by atoms with van der Waals surface area (Å²) in [7, 11) is -4.02. The number of hydrogen-bond donors (Lipinski definition) is 2. The number of ether oxygens (including phenoxy) is 1. The van der Waals surface area contributed by atoms with E-state index in [1.807, 2.05) is 0 Å². The van der Waals surface area contributed by atoms with E-state index in [4.69, 9.17) is 4.74 Å². The Morgan fingerprint density at radius 3 is 1.96 bits per heavy atom. The fraction of sp³-hybridized carbons (Fsp3) is 0.0769. The third-order valence-electron chi connectivity index (χ3n) is 2.95. The first kappa shape index (κ1) is 19.2. The molecule has 12 heteroatoms. The monoisotopic (exact) mass is 447 g/mol. The number of nitrogens with one attached hydrogen (secondary N) is 1. The van der Waals surface area contributed by atoms with Crippen molar-refractivity contribution in [3.63, 3.8) is 0 Å². The number of methoxy groups -OCH3 is 1. The van der Waals surface area contributed by atoms with Crippen molar-refractivity contribution in [2.24, 2.45) is 0 Å². The third kappa shape index (κ3) is 3.35. The van der Waals surface area contributed by atoms with Gasteiger partial charge in [-0.05, 0) is 15.9 Å². The van der Waals surface area contributed by atoms with Gasteiger partial charge >= 0.3 is 0 Å².